The minimum absolute atomic E-state index is 0.282. The molecule has 0 spiro atoms. The summed E-state index contributed by atoms with van der Waals surface area (Å²) in [5.74, 6) is 0.299. The molecule has 4 aromatic rings. The topological polar surface area (TPSA) is 77.5 Å². The van der Waals surface area contributed by atoms with Crippen molar-refractivity contribution in [1.82, 2.24) is 4.98 Å². The number of carbonyl (C=O) groups excluding carboxylic acids is 2. The molecule has 0 unspecified atom stereocenters. The van der Waals surface area contributed by atoms with Crippen LogP contribution in [0.3, 0.4) is 0 Å². The number of pyridine rings is 1. The number of nitrogens with one attached hydrogen (secondary N) is 1. The molecule has 1 aromatic heterocycles. The van der Waals surface area contributed by atoms with Crippen LogP contribution < -0.4 is 10.1 Å². The number of nitrogens with zero attached hydrogens (tertiary/aromatic N) is 1. The van der Waals surface area contributed by atoms with Crippen molar-refractivity contribution in [2.24, 2.45) is 0 Å². The smallest absolute Gasteiger partial charge is 0.338 e. The second kappa shape index (κ2) is 8.45. The Morgan fingerprint density at radius 3 is 2.40 bits per heavy atom. The van der Waals surface area contributed by atoms with E-state index in [1.807, 2.05) is 30.3 Å². The first-order valence-corrected chi connectivity index (χ1v) is 9.26. The lowest BCUT2D eigenvalue weighted by atomic mass is 10.0. The molecule has 6 heteroatoms. The summed E-state index contributed by atoms with van der Waals surface area (Å²) in [5, 5.41) is 4.07. The number of para-hydroxylation sites is 1. The second-order valence-corrected chi connectivity index (χ2v) is 6.42. The number of benzene rings is 3. The van der Waals surface area contributed by atoms with Gasteiger partial charge >= 0.3 is 5.97 Å². The Morgan fingerprint density at radius 1 is 0.867 bits per heavy atom. The van der Waals surface area contributed by atoms with Crippen LogP contribution >= 0.6 is 0 Å². The molecule has 0 aliphatic heterocycles. The van der Waals surface area contributed by atoms with Crippen LogP contribution in [0.15, 0.2) is 85.1 Å². The highest BCUT2D eigenvalue weighted by Crippen LogP contribution is 2.37. The molecular formula is C24H18N2O4. The summed E-state index contributed by atoms with van der Waals surface area (Å²) in [5.41, 5.74) is 1.16. The molecule has 3 aromatic carbocycles. The lowest BCUT2D eigenvalue weighted by Crippen LogP contribution is -2.14. The number of esters is 1. The highest BCUT2D eigenvalue weighted by atomic mass is 16.5. The fourth-order valence-corrected chi connectivity index (χ4v) is 3.15. The first-order valence-electron chi connectivity index (χ1n) is 9.26. The minimum atomic E-state index is -0.473. The van der Waals surface area contributed by atoms with Crippen LogP contribution in [0.4, 0.5) is 5.69 Å². The molecule has 0 saturated heterocycles. The highest BCUT2D eigenvalue weighted by Gasteiger charge is 2.18. The molecular weight excluding hydrogens is 380 g/mol. The molecule has 30 heavy (non-hydrogen) atoms. The lowest BCUT2D eigenvalue weighted by Gasteiger charge is -2.15. The number of aromatic nitrogens is 1. The zero-order valence-corrected chi connectivity index (χ0v) is 16.2. The number of rotatable bonds is 5. The van der Waals surface area contributed by atoms with Crippen molar-refractivity contribution < 1.29 is 19.1 Å². The number of ether oxygens (including phenoxy) is 2. The number of amides is 1. The van der Waals surface area contributed by atoms with Gasteiger partial charge < -0.3 is 14.8 Å². The van der Waals surface area contributed by atoms with Gasteiger partial charge in [0.15, 0.2) is 0 Å². The third-order valence-corrected chi connectivity index (χ3v) is 4.52. The van der Waals surface area contributed by atoms with Gasteiger partial charge in [0.05, 0.1) is 18.4 Å². The predicted octanol–water partition coefficient (Wildman–Crippen LogP) is 5.07. The van der Waals surface area contributed by atoms with E-state index in [2.05, 4.69) is 10.3 Å². The van der Waals surface area contributed by atoms with Crippen molar-refractivity contribution in [2.45, 2.75) is 0 Å². The SMILES string of the molecule is COC(=O)c1ccc(NC(=O)c2ccccn2)c2c(Oc3ccccc3)cccc12. The summed E-state index contributed by atoms with van der Waals surface area (Å²) in [6.07, 6.45) is 1.55. The molecule has 0 aliphatic carbocycles. The Kier molecular flexibility index (Phi) is 5.39. The third-order valence-electron chi connectivity index (χ3n) is 4.52. The van der Waals surface area contributed by atoms with Crippen LogP contribution in [0, 0.1) is 0 Å². The van der Waals surface area contributed by atoms with Crippen LogP contribution in [-0.4, -0.2) is 24.0 Å². The van der Waals surface area contributed by atoms with E-state index < -0.39 is 5.97 Å². The van der Waals surface area contributed by atoms with E-state index >= 15 is 0 Å². The van der Waals surface area contributed by atoms with Crippen molar-refractivity contribution in [2.75, 3.05) is 12.4 Å². The van der Waals surface area contributed by atoms with Gasteiger partial charge in [0.1, 0.15) is 17.2 Å². The standard InChI is InChI=1S/C24H18N2O4/c1-29-24(28)18-13-14-19(26-23(27)20-11-5-6-15-25-20)22-17(18)10-7-12-21(22)30-16-8-3-2-4-9-16/h2-15H,1H3,(H,26,27). The number of hydrogen-bond donors (Lipinski definition) is 1. The molecule has 0 bridgehead atoms. The Labute approximate surface area is 173 Å². The molecule has 0 fully saturated rings. The maximum absolute atomic E-state index is 12.7. The van der Waals surface area contributed by atoms with Crippen molar-refractivity contribution in [3.05, 3.63) is 96.3 Å². The first kappa shape index (κ1) is 19.1. The fourth-order valence-electron chi connectivity index (χ4n) is 3.15. The van der Waals surface area contributed by atoms with Gasteiger partial charge in [-0.2, -0.15) is 0 Å². The molecule has 1 amide bonds. The number of fused-ring (bicyclic) bond motifs is 1. The van der Waals surface area contributed by atoms with Gasteiger partial charge in [-0.1, -0.05) is 36.4 Å². The Balaban J connectivity index is 1.84. The Hall–Kier alpha value is -4.19. The number of methoxy groups -OCH3 is 1. The van der Waals surface area contributed by atoms with E-state index in [0.29, 0.717) is 33.5 Å². The molecule has 6 nitrogen and oxygen atoms in total. The molecule has 0 atom stereocenters. The van der Waals surface area contributed by atoms with Crippen molar-refractivity contribution in [3.8, 4) is 11.5 Å². The zero-order valence-electron chi connectivity index (χ0n) is 16.2. The van der Waals surface area contributed by atoms with Crippen LogP contribution in [0.25, 0.3) is 10.8 Å². The van der Waals surface area contributed by atoms with Crippen LogP contribution in [0.1, 0.15) is 20.8 Å². The number of carbonyl (C=O) groups is 2. The van der Waals surface area contributed by atoms with Gasteiger partial charge in [-0.05, 0) is 42.5 Å². The van der Waals surface area contributed by atoms with E-state index in [1.54, 1.807) is 54.7 Å². The normalized spacial score (nSPS) is 10.4. The monoisotopic (exact) mass is 398 g/mol. The van der Waals surface area contributed by atoms with E-state index in [9.17, 15) is 9.59 Å². The van der Waals surface area contributed by atoms with Crippen LogP contribution in [0.2, 0.25) is 0 Å². The molecule has 0 radical (unpaired) electrons. The highest BCUT2D eigenvalue weighted by molar-refractivity contribution is 6.14. The van der Waals surface area contributed by atoms with Gasteiger partial charge in [-0.15, -0.1) is 0 Å². The Morgan fingerprint density at radius 2 is 1.67 bits per heavy atom. The molecule has 1 N–H and O–H groups in total. The third kappa shape index (κ3) is 3.84. The average molecular weight is 398 g/mol. The second-order valence-electron chi connectivity index (χ2n) is 6.42. The zero-order chi connectivity index (χ0) is 20.9. The maximum Gasteiger partial charge on any atom is 0.338 e. The molecule has 0 aliphatic rings. The van der Waals surface area contributed by atoms with Crippen LogP contribution in [-0.2, 0) is 4.74 Å². The summed E-state index contributed by atoms with van der Waals surface area (Å²) in [6, 6.07) is 23.0. The average Bonchev–Trinajstić information content (AvgIpc) is 2.80. The van der Waals surface area contributed by atoms with Crippen molar-refractivity contribution in [1.29, 1.82) is 0 Å². The van der Waals surface area contributed by atoms with Gasteiger partial charge in [-0.3, -0.25) is 9.78 Å². The number of anilines is 1. The molecule has 148 valence electrons. The summed E-state index contributed by atoms with van der Waals surface area (Å²) in [7, 11) is 1.33. The van der Waals surface area contributed by atoms with E-state index in [4.69, 9.17) is 9.47 Å². The van der Waals surface area contributed by atoms with E-state index in [1.165, 1.54) is 7.11 Å². The van der Waals surface area contributed by atoms with Gasteiger partial charge in [0, 0.05) is 17.0 Å². The predicted molar refractivity (Wildman–Crippen MR) is 114 cm³/mol. The summed E-state index contributed by atoms with van der Waals surface area (Å²) in [6.45, 7) is 0. The minimum Gasteiger partial charge on any atom is -0.465 e. The van der Waals surface area contributed by atoms with E-state index in [0.717, 1.165) is 0 Å². The number of hydrogen-bond acceptors (Lipinski definition) is 5. The maximum atomic E-state index is 12.7. The summed E-state index contributed by atoms with van der Waals surface area (Å²) in [4.78, 5) is 29.1. The quantitative estimate of drug-likeness (QED) is 0.475. The van der Waals surface area contributed by atoms with Gasteiger partial charge in [0.2, 0.25) is 0 Å². The fraction of sp³-hybridized carbons (Fsp3) is 0.0417. The van der Waals surface area contributed by atoms with Gasteiger partial charge in [0.25, 0.3) is 5.91 Å². The molecule has 0 saturated carbocycles. The molecule has 4 rings (SSSR count). The van der Waals surface area contributed by atoms with Crippen LogP contribution in [0.5, 0.6) is 11.5 Å². The van der Waals surface area contributed by atoms with E-state index in [-0.39, 0.29) is 11.6 Å². The summed E-state index contributed by atoms with van der Waals surface area (Å²) < 4.78 is 11.0. The lowest BCUT2D eigenvalue weighted by molar-refractivity contribution is 0.0603. The van der Waals surface area contributed by atoms with Crippen molar-refractivity contribution >= 4 is 28.3 Å². The van der Waals surface area contributed by atoms with Gasteiger partial charge in [-0.25, -0.2) is 4.79 Å². The summed E-state index contributed by atoms with van der Waals surface area (Å²) >= 11 is 0. The first-order chi connectivity index (χ1) is 14.7. The Bertz CT molecular complexity index is 1210. The largest absolute Gasteiger partial charge is 0.465 e. The van der Waals surface area contributed by atoms with Crippen molar-refractivity contribution in [3.63, 3.8) is 0 Å². The molecule has 1 heterocycles.